The zero-order valence-electron chi connectivity index (χ0n) is 12.6. The minimum absolute atomic E-state index is 0. The molecule has 0 aromatic carbocycles. The molecule has 0 bridgehead atoms. The predicted molar refractivity (Wildman–Crippen MR) is 84.1 cm³/mol. The fraction of sp³-hybridized carbons (Fsp3) is 0.938. The predicted octanol–water partition coefficient (Wildman–Crippen LogP) is 2.84. The Hall–Kier alpha value is -0.280. The van der Waals surface area contributed by atoms with E-state index in [0.29, 0.717) is 11.9 Å². The zero-order valence-corrected chi connectivity index (χ0v) is 13.5. The van der Waals surface area contributed by atoms with Gasteiger partial charge >= 0.3 is 0 Å². The molecule has 116 valence electrons. The van der Waals surface area contributed by atoms with Gasteiger partial charge in [0.15, 0.2) is 0 Å². The first kappa shape index (κ1) is 16.1. The molecule has 1 N–H and O–H groups in total. The number of hydrogen-bond acceptors (Lipinski definition) is 2. The molecule has 3 fully saturated rings. The summed E-state index contributed by atoms with van der Waals surface area (Å²) < 4.78 is 0. The largest absolute Gasteiger partial charge is 0.342 e. The van der Waals surface area contributed by atoms with Crippen LogP contribution in [0.2, 0.25) is 0 Å². The average Bonchev–Trinajstić information content (AvgIpc) is 3.31. The van der Waals surface area contributed by atoms with Crippen LogP contribution >= 0.6 is 12.4 Å². The van der Waals surface area contributed by atoms with Crippen molar-refractivity contribution in [3.8, 4) is 0 Å². The lowest BCUT2D eigenvalue weighted by molar-refractivity contribution is -0.133. The Morgan fingerprint density at radius 1 is 1.10 bits per heavy atom. The SMILES string of the molecule is CN(C(=O)CCC1CCNCC1)C(C1CC1)C1CC1.Cl. The van der Waals surface area contributed by atoms with Gasteiger partial charge in [0.05, 0.1) is 0 Å². The number of hydrogen-bond donors (Lipinski definition) is 1. The standard InChI is InChI=1S/C16H28N2O.ClH/c1-18(16(13-3-4-13)14-5-6-14)15(19)7-2-12-8-10-17-11-9-12;/h12-14,16-17H,2-11H2,1H3;1H. The summed E-state index contributed by atoms with van der Waals surface area (Å²) in [6.07, 6.45) is 9.81. The molecule has 3 aliphatic rings. The summed E-state index contributed by atoms with van der Waals surface area (Å²) in [4.78, 5) is 14.5. The van der Waals surface area contributed by atoms with Gasteiger partial charge in [0.25, 0.3) is 0 Å². The third-order valence-corrected chi connectivity index (χ3v) is 5.28. The van der Waals surface area contributed by atoms with Gasteiger partial charge in [0.1, 0.15) is 0 Å². The lowest BCUT2D eigenvalue weighted by atomic mass is 9.93. The minimum atomic E-state index is 0. The molecule has 2 aliphatic carbocycles. The van der Waals surface area contributed by atoms with Crippen LogP contribution in [0, 0.1) is 17.8 Å². The van der Waals surface area contributed by atoms with E-state index < -0.39 is 0 Å². The summed E-state index contributed by atoms with van der Waals surface area (Å²) in [6, 6.07) is 0.584. The normalized spacial score (nSPS) is 23.5. The Labute approximate surface area is 129 Å². The molecule has 1 heterocycles. The third kappa shape index (κ3) is 4.11. The van der Waals surface area contributed by atoms with E-state index in [1.165, 1.54) is 38.5 Å². The Bertz CT molecular complexity index is 310. The van der Waals surface area contributed by atoms with E-state index in [1.54, 1.807) is 0 Å². The third-order valence-electron chi connectivity index (χ3n) is 5.28. The monoisotopic (exact) mass is 300 g/mol. The molecular formula is C16H29ClN2O. The Kier molecular flexibility index (Phi) is 5.74. The molecule has 0 spiro atoms. The average molecular weight is 301 g/mol. The number of amides is 1. The summed E-state index contributed by atoms with van der Waals surface area (Å²) in [7, 11) is 2.06. The summed E-state index contributed by atoms with van der Waals surface area (Å²) in [5.74, 6) is 2.85. The molecule has 1 saturated heterocycles. The number of carbonyl (C=O) groups is 1. The van der Waals surface area contributed by atoms with Crippen molar-refractivity contribution in [1.29, 1.82) is 0 Å². The highest BCUT2D eigenvalue weighted by molar-refractivity contribution is 5.85. The van der Waals surface area contributed by atoms with Crippen molar-refractivity contribution in [1.82, 2.24) is 10.2 Å². The highest BCUT2D eigenvalue weighted by atomic mass is 35.5. The molecule has 1 aliphatic heterocycles. The quantitative estimate of drug-likeness (QED) is 0.818. The fourth-order valence-electron chi connectivity index (χ4n) is 3.73. The van der Waals surface area contributed by atoms with E-state index in [2.05, 4.69) is 17.3 Å². The Balaban J connectivity index is 0.00000147. The van der Waals surface area contributed by atoms with Gasteiger partial charge in [0.2, 0.25) is 5.91 Å². The molecular weight excluding hydrogens is 272 g/mol. The highest BCUT2D eigenvalue weighted by Gasteiger charge is 2.44. The van der Waals surface area contributed by atoms with Crippen LogP contribution < -0.4 is 5.32 Å². The van der Waals surface area contributed by atoms with E-state index in [1.807, 2.05) is 0 Å². The topological polar surface area (TPSA) is 32.3 Å². The summed E-state index contributed by atoms with van der Waals surface area (Å²) in [5, 5.41) is 3.39. The zero-order chi connectivity index (χ0) is 13.2. The fourth-order valence-corrected chi connectivity index (χ4v) is 3.73. The van der Waals surface area contributed by atoms with Crippen LogP contribution in [0.25, 0.3) is 0 Å². The maximum absolute atomic E-state index is 12.4. The van der Waals surface area contributed by atoms with E-state index >= 15 is 0 Å². The summed E-state index contributed by atoms with van der Waals surface area (Å²) >= 11 is 0. The maximum atomic E-state index is 12.4. The maximum Gasteiger partial charge on any atom is 0.222 e. The molecule has 20 heavy (non-hydrogen) atoms. The van der Waals surface area contributed by atoms with Gasteiger partial charge in [0, 0.05) is 19.5 Å². The molecule has 2 saturated carbocycles. The molecule has 0 unspecified atom stereocenters. The second kappa shape index (κ2) is 7.13. The van der Waals surface area contributed by atoms with E-state index in [-0.39, 0.29) is 12.4 Å². The summed E-state index contributed by atoms with van der Waals surface area (Å²) in [6.45, 7) is 2.28. The van der Waals surface area contributed by atoms with Gasteiger partial charge in [-0.25, -0.2) is 0 Å². The molecule has 3 rings (SSSR count). The Morgan fingerprint density at radius 2 is 1.65 bits per heavy atom. The van der Waals surface area contributed by atoms with Gasteiger partial charge in [-0.2, -0.15) is 0 Å². The van der Waals surface area contributed by atoms with Crippen LogP contribution in [0.15, 0.2) is 0 Å². The van der Waals surface area contributed by atoms with Gasteiger partial charge in [-0.15, -0.1) is 12.4 Å². The van der Waals surface area contributed by atoms with Crippen LogP contribution in [-0.4, -0.2) is 37.0 Å². The number of nitrogens with zero attached hydrogens (tertiary/aromatic N) is 1. The van der Waals surface area contributed by atoms with Gasteiger partial charge in [-0.3, -0.25) is 4.79 Å². The van der Waals surface area contributed by atoms with E-state index in [4.69, 9.17) is 0 Å². The van der Waals surface area contributed by atoms with Crippen molar-refractivity contribution >= 4 is 18.3 Å². The van der Waals surface area contributed by atoms with E-state index in [9.17, 15) is 4.79 Å². The molecule has 0 aromatic rings. The number of nitrogens with one attached hydrogen (secondary N) is 1. The Morgan fingerprint density at radius 3 is 2.15 bits per heavy atom. The molecule has 0 atom stereocenters. The number of halogens is 1. The second-order valence-electron chi connectivity index (χ2n) is 6.90. The van der Waals surface area contributed by atoms with Gasteiger partial charge in [-0.05, 0) is 75.8 Å². The first-order valence-electron chi connectivity index (χ1n) is 8.22. The molecule has 4 heteroatoms. The van der Waals surface area contributed by atoms with Gasteiger partial charge < -0.3 is 10.2 Å². The van der Waals surface area contributed by atoms with Crippen molar-refractivity contribution in [3.05, 3.63) is 0 Å². The minimum Gasteiger partial charge on any atom is -0.342 e. The van der Waals surface area contributed by atoms with Crippen LogP contribution in [0.3, 0.4) is 0 Å². The van der Waals surface area contributed by atoms with Crippen LogP contribution in [0.5, 0.6) is 0 Å². The van der Waals surface area contributed by atoms with Crippen LogP contribution in [0.1, 0.15) is 51.4 Å². The van der Waals surface area contributed by atoms with E-state index in [0.717, 1.165) is 43.7 Å². The molecule has 3 nitrogen and oxygen atoms in total. The molecule has 0 radical (unpaired) electrons. The van der Waals surface area contributed by atoms with Crippen molar-refractivity contribution in [3.63, 3.8) is 0 Å². The number of piperidine rings is 1. The number of rotatable bonds is 6. The lowest BCUT2D eigenvalue weighted by Gasteiger charge is -2.29. The first-order chi connectivity index (χ1) is 9.25. The van der Waals surface area contributed by atoms with Gasteiger partial charge in [-0.1, -0.05) is 0 Å². The second-order valence-corrected chi connectivity index (χ2v) is 6.90. The number of carbonyl (C=O) groups excluding carboxylic acids is 1. The highest BCUT2D eigenvalue weighted by Crippen LogP contribution is 2.47. The van der Waals surface area contributed by atoms with Crippen molar-refractivity contribution in [2.75, 3.05) is 20.1 Å². The summed E-state index contributed by atoms with van der Waals surface area (Å²) in [5.41, 5.74) is 0. The van der Waals surface area contributed by atoms with Crippen LogP contribution in [-0.2, 0) is 4.79 Å². The van der Waals surface area contributed by atoms with Crippen molar-refractivity contribution < 1.29 is 4.79 Å². The lowest BCUT2D eigenvalue weighted by Crippen LogP contribution is -2.40. The first-order valence-corrected chi connectivity index (χ1v) is 8.22. The molecule has 1 amide bonds. The smallest absolute Gasteiger partial charge is 0.222 e. The van der Waals surface area contributed by atoms with Crippen molar-refractivity contribution in [2.24, 2.45) is 17.8 Å². The van der Waals surface area contributed by atoms with Crippen molar-refractivity contribution in [2.45, 2.75) is 57.4 Å². The molecule has 0 aromatic heterocycles. The van der Waals surface area contributed by atoms with Crippen LogP contribution in [0.4, 0.5) is 0 Å².